The normalized spacial score (nSPS) is 15.2. The second-order valence-electron chi connectivity index (χ2n) is 5.33. The van der Waals surface area contributed by atoms with Crippen LogP contribution >= 0.6 is 22.9 Å². The summed E-state index contributed by atoms with van der Waals surface area (Å²) < 4.78 is 26.1. The molecule has 6 nitrogen and oxygen atoms in total. The molecule has 1 saturated heterocycles. The lowest BCUT2D eigenvalue weighted by atomic mass is 10.2. The van der Waals surface area contributed by atoms with Crippen molar-refractivity contribution >= 4 is 33.7 Å². The SMILES string of the molecule is Fc1cc(COc2nn3cc(N4CCOCC4)nc3s2)ccc1Cl. The Labute approximate surface area is 146 Å². The Bertz CT molecular complexity index is 831. The molecule has 0 saturated carbocycles. The predicted molar refractivity (Wildman–Crippen MR) is 89.6 cm³/mol. The quantitative estimate of drug-likeness (QED) is 0.708. The lowest BCUT2D eigenvalue weighted by Crippen LogP contribution is -2.36. The molecule has 9 heteroatoms. The van der Waals surface area contributed by atoms with E-state index in [4.69, 9.17) is 21.1 Å². The Balaban J connectivity index is 1.45. The summed E-state index contributed by atoms with van der Waals surface area (Å²) in [4.78, 5) is 7.50. The molecule has 4 rings (SSSR count). The lowest BCUT2D eigenvalue weighted by Gasteiger charge is -2.26. The van der Waals surface area contributed by atoms with Crippen LogP contribution in [0.3, 0.4) is 0 Å². The molecule has 3 aromatic rings. The number of hydrogen-bond donors (Lipinski definition) is 0. The molecule has 0 radical (unpaired) electrons. The number of anilines is 1. The smallest absolute Gasteiger partial charge is 0.294 e. The summed E-state index contributed by atoms with van der Waals surface area (Å²) in [5, 5.41) is 4.94. The zero-order valence-electron chi connectivity index (χ0n) is 12.6. The van der Waals surface area contributed by atoms with E-state index in [2.05, 4.69) is 15.0 Å². The molecular weight excluding hydrogens is 355 g/mol. The Kier molecular flexibility index (Phi) is 4.26. The molecule has 1 aromatic carbocycles. The number of halogens is 2. The molecule has 2 aromatic heterocycles. The number of nitrogens with zero attached hydrogens (tertiary/aromatic N) is 4. The van der Waals surface area contributed by atoms with E-state index in [-0.39, 0.29) is 11.6 Å². The van der Waals surface area contributed by atoms with Crippen LogP contribution in [0.5, 0.6) is 5.19 Å². The van der Waals surface area contributed by atoms with E-state index >= 15 is 0 Å². The molecule has 3 heterocycles. The first-order valence-corrected chi connectivity index (χ1v) is 8.64. The third kappa shape index (κ3) is 3.17. The van der Waals surface area contributed by atoms with Gasteiger partial charge < -0.3 is 14.4 Å². The van der Waals surface area contributed by atoms with Crippen molar-refractivity contribution in [3.63, 3.8) is 0 Å². The lowest BCUT2D eigenvalue weighted by molar-refractivity contribution is 0.122. The highest BCUT2D eigenvalue weighted by molar-refractivity contribution is 7.18. The largest absolute Gasteiger partial charge is 0.464 e. The third-order valence-corrected chi connectivity index (χ3v) is 4.83. The van der Waals surface area contributed by atoms with E-state index in [9.17, 15) is 4.39 Å². The van der Waals surface area contributed by atoms with E-state index in [0.29, 0.717) is 24.0 Å². The number of fused-ring (bicyclic) bond motifs is 1. The molecule has 24 heavy (non-hydrogen) atoms. The number of rotatable bonds is 4. The standard InChI is InChI=1S/C15H14ClFN4O2S/c16-11-2-1-10(7-12(11)17)9-23-15-19-21-8-13(18-14(21)24-15)20-3-5-22-6-4-20/h1-2,7-8H,3-6,9H2. The fourth-order valence-corrected chi connectivity index (χ4v) is 3.29. The molecule has 0 spiro atoms. The fourth-order valence-electron chi connectivity index (χ4n) is 2.45. The van der Waals surface area contributed by atoms with Gasteiger partial charge >= 0.3 is 0 Å². The first-order valence-electron chi connectivity index (χ1n) is 7.45. The Morgan fingerprint density at radius 1 is 1.33 bits per heavy atom. The number of ether oxygens (including phenoxy) is 2. The molecule has 126 valence electrons. The number of imidazole rings is 1. The summed E-state index contributed by atoms with van der Waals surface area (Å²) in [6, 6.07) is 4.59. The highest BCUT2D eigenvalue weighted by Crippen LogP contribution is 2.26. The van der Waals surface area contributed by atoms with Crippen molar-refractivity contribution in [2.45, 2.75) is 6.61 Å². The molecule has 0 amide bonds. The van der Waals surface area contributed by atoms with Gasteiger partial charge in [0.25, 0.3) is 5.19 Å². The second kappa shape index (κ2) is 6.54. The van der Waals surface area contributed by atoms with Crippen LogP contribution < -0.4 is 9.64 Å². The number of hydrogen-bond acceptors (Lipinski definition) is 6. The van der Waals surface area contributed by atoms with Gasteiger partial charge in [-0.25, -0.2) is 13.9 Å². The van der Waals surface area contributed by atoms with Crippen molar-refractivity contribution in [1.82, 2.24) is 14.6 Å². The molecule has 1 aliphatic rings. The minimum Gasteiger partial charge on any atom is -0.464 e. The van der Waals surface area contributed by atoms with Crippen LogP contribution in [0.1, 0.15) is 5.56 Å². The van der Waals surface area contributed by atoms with Crippen molar-refractivity contribution in [2.24, 2.45) is 0 Å². The molecular formula is C15H14ClFN4O2S. The summed E-state index contributed by atoms with van der Waals surface area (Å²) in [5.74, 6) is 0.435. The topological polar surface area (TPSA) is 51.9 Å². The van der Waals surface area contributed by atoms with Crippen LogP contribution in [-0.4, -0.2) is 40.9 Å². The van der Waals surface area contributed by atoms with Crippen LogP contribution in [0.15, 0.2) is 24.4 Å². The van der Waals surface area contributed by atoms with Crippen LogP contribution in [0, 0.1) is 5.82 Å². The summed E-state index contributed by atoms with van der Waals surface area (Å²) in [6.45, 7) is 3.31. The van der Waals surface area contributed by atoms with Crippen molar-refractivity contribution in [1.29, 1.82) is 0 Å². The van der Waals surface area contributed by atoms with Gasteiger partial charge in [-0.3, -0.25) is 0 Å². The van der Waals surface area contributed by atoms with E-state index in [1.807, 2.05) is 6.20 Å². The van der Waals surface area contributed by atoms with Gasteiger partial charge in [0.05, 0.1) is 24.4 Å². The molecule has 0 unspecified atom stereocenters. The van der Waals surface area contributed by atoms with Gasteiger partial charge in [-0.1, -0.05) is 17.7 Å². The Morgan fingerprint density at radius 3 is 2.92 bits per heavy atom. The zero-order valence-corrected chi connectivity index (χ0v) is 14.2. The third-order valence-electron chi connectivity index (χ3n) is 3.69. The molecule has 0 aliphatic carbocycles. The minimum atomic E-state index is -0.457. The molecule has 0 N–H and O–H groups in total. The molecule has 0 atom stereocenters. The van der Waals surface area contributed by atoms with Crippen molar-refractivity contribution in [3.8, 4) is 5.19 Å². The maximum absolute atomic E-state index is 13.4. The van der Waals surface area contributed by atoms with Crippen molar-refractivity contribution < 1.29 is 13.9 Å². The first kappa shape index (κ1) is 15.6. The predicted octanol–water partition coefficient (Wildman–Crippen LogP) is 3.00. The molecule has 0 bridgehead atoms. The average Bonchev–Trinajstić information content (AvgIpc) is 3.15. The van der Waals surface area contributed by atoms with Gasteiger partial charge in [-0.05, 0) is 29.0 Å². The highest BCUT2D eigenvalue weighted by atomic mass is 35.5. The summed E-state index contributed by atoms with van der Waals surface area (Å²) in [7, 11) is 0. The Hall–Kier alpha value is -1.90. The van der Waals surface area contributed by atoms with E-state index < -0.39 is 5.82 Å². The van der Waals surface area contributed by atoms with Gasteiger partial charge in [0.2, 0.25) is 4.96 Å². The molecule has 1 fully saturated rings. The van der Waals surface area contributed by atoms with Gasteiger partial charge in [-0.15, -0.1) is 5.10 Å². The van der Waals surface area contributed by atoms with E-state index in [0.717, 1.165) is 23.9 Å². The van der Waals surface area contributed by atoms with Crippen LogP contribution in [-0.2, 0) is 11.3 Å². The van der Waals surface area contributed by atoms with Crippen molar-refractivity contribution in [2.75, 3.05) is 31.2 Å². The van der Waals surface area contributed by atoms with Gasteiger partial charge in [-0.2, -0.15) is 0 Å². The molecule has 1 aliphatic heterocycles. The fraction of sp³-hybridized carbons (Fsp3) is 0.333. The van der Waals surface area contributed by atoms with Gasteiger partial charge in [0.1, 0.15) is 12.4 Å². The summed E-state index contributed by atoms with van der Waals surface area (Å²) in [6.07, 6.45) is 1.88. The maximum atomic E-state index is 13.4. The van der Waals surface area contributed by atoms with Crippen LogP contribution in [0.2, 0.25) is 5.02 Å². The number of morpholine rings is 1. The Morgan fingerprint density at radius 2 is 2.17 bits per heavy atom. The highest BCUT2D eigenvalue weighted by Gasteiger charge is 2.16. The minimum absolute atomic E-state index is 0.0992. The zero-order chi connectivity index (χ0) is 16.5. The van der Waals surface area contributed by atoms with Gasteiger partial charge in [0, 0.05) is 13.1 Å². The van der Waals surface area contributed by atoms with E-state index in [1.54, 1.807) is 10.6 Å². The second-order valence-corrected chi connectivity index (χ2v) is 6.66. The maximum Gasteiger partial charge on any atom is 0.294 e. The monoisotopic (exact) mass is 368 g/mol. The number of benzene rings is 1. The van der Waals surface area contributed by atoms with Crippen LogP contribution in [0.25, 0.3) is 4.96 Å². The van der Waals surface area contributed by atoms with E-state index in [1.165, 1.54) is 23.5 Å². The number of aromatic nitrogens is 3. The van der Waals surface area contributed by atoms with Crippen LogP contribution in [0.4, 0.5) is 10.2 Å². The average molecular weight is 369 g/mol. The summed E-state index contributed by atoms with van der Waals surface area (Å²) >= 11 is 7.02. The summed E-state index contributed by atoms with van der Waals surface area (Å²) in [5.41, 5.74) is 0.693. The van der Waals surface area contributed by atoms with Crippen molar-refractivity contribution in [3.05, 3.63) is 40.8 Å². The van der Waals surface area contributed by atoms with Gasteiger partial charge in [0.15, 0.2) is 5.82 Å². The first-order chi connectivity index (χ1) is 11.7.